The van der Waals surface area contributed by atoms with Gasteiger partial charge in [-0.2, -0.15) is 0 Å². The number of hydrogen-bond donors (Lipinski definition) is 0. The summed E-state index contributed by atoms with van der Waals surface area (Å²) in [5.41, 5.74) is 0.764. The highest BCUT2D eigenvalue weighted by atomic mass is 32.2. The van der Waals surface area contributed by atoms with E-state index in [4.69, 9.17) is 13.9 Å². The van der Waals surface area contributed by atoms with E-state index in [-0.39, 0.29) is 12.7 Å². The quantitative estimate of drug-likeness (QED) is 0.775. The fourth-order valence-corrected chi connectivity index (χ4v) is 3.71. The van der Waals surface area contributed by atoms with Gasteiger partial charge in [-0.1, -0.05) is 18.7 Å². The van der Waals surface area contributed by atoms with Crippen LogP contribution in [-0.2, 0) is 4.79 Å². The second kappa shape index (κ2) is 6.95. The van der Waals surface area contributed by atoms with E-state index >= 15 is 0 Å². The molecule has 2 aliphatic rings. The molecule has 0 bridgehead atoms. The van der Waals surface area contributed by atoms with Crippen LogP contribution < -0.4 is 9.47 Å². The normalized spacial score (nSPS) is 19.2. The summed E-state index contributed by atoms with van der Waals surface area (Å²) >= 11 is 1.28. The molecular formula is C17H19N3O4S. The Balaban J connectivity index is 1.37. The molecule has 1 aromatic heterocycles. The number of carbonyl (C=O) groups excluding carboxylic acids is 1. The van der Waals surface area contributed by atoms with Crippen molar-refractivity contribution >= 4 is 17.7 Å². The molecule has 0 unspecified atom stereocenters. The number of nitrogens with zero attached hydrogens (tertiary/aromatic N) is 3. The zero-order valence-electron chi connectivity index (χ0n) is 13.9. The number of piperidine rings is 1. The number of hydrogen-bond acceptors (Lipinski definition) is 7. The van der Waals surface area contributed by atoms with Crippen LogP contribution in [-0.4, -0.2) is 46.6 Å². The third-order valence-corrected chi connectivity index (χ3v) is 5.16. The van der Waals surface area contributed by atoms with Crippen LogP contribution in [0.5, 0.6) is 11.5 Å². The summed E-state index contributed by atoms with van der Waals surface area (Å²) in [6, 6.07) is 5.47. The van der Waals surface area contributed by atoms with Gasteiger partial charge in [0.15, 0.2) is 11.5 Å². The second-order valence-electron chi connectivity index (χ2n) is 6.32. The SMILES string of the molecule is C[C@H]1CCCN(C(=O)CSc2nnc(-c3ccc4c(c3)OCO4)o2)C1. The summed E-state index contributed by atoms with van der Waals surface area (Å²) in [6.45, 7) is 4.09. The second-order valence-corrected chi connectivity index (χ2v) is 7.24. The van der Waals surface area contributed by atoms with E-state index in [1.807, 2.05) is 23.1 Å². The molecule has 1 aromatic carbocycles. The molecule has 2 aliphatic heterocycles. The average molecular weight is 361 g/mol. The number of aromatic nitrogens is 2. The molecule has 0 spiro atoms. The first-order valence-electron chi connectivity index (χ1n) is 8.33. The van der Waals surface area contributed by atoms with Crippen LogP contribution in [0.15, 0.2) is 27.8 Å². The van der Waals surface area contributed by atoms with Crippen LogP contribution in [0.3, 0.4) is 0 Å². The molecule has 0 N–H and O–H groups in total. The first-order valence-corrected chi connectivity index (χ1v) is 9.32. The monoisotopic (exact) mass is 361 g/mol. The van der Waals surface area contributed by atoms with Crippen molar-refractivity contribution in [3.05, 3.63) is 18.2 Å². The van der Waals surface area contributed by atoms with Gasteiger partial charge in [-0.25, -0.2) is 0 Å². The molecule has 0 saturated carbocycles. The Bertz CT molecular complexity index is 779. The van der Waals surface area contributed by atoms with Crippen molar-refractivity contribution < 1.29 is 18.7 Å². The van der Waals surface area contributed by atoms with E-state index in [1.165, 1.54) is 18.2 Å². The zero-order chi connectivity index (χ0) is 17.2. The Morgan fingerprint density at radius 3 is 3.08 bits per heavy atom. The van der Waals surface area contributed by atoms with Crippen LogP contribution in [0.2, 0.25) is 0 Å². The lowest BCUT2D eigenvalue weighted by Gasteiger charge is -2.30. The van der Waals surface area contributed by atoms with Gasteiger partial charge in [-0.05, 0) is 37.0 Å². The van der Waals surface area contributed by atoms with Crippen molar-refractivity contribution in [3.63, 3.8) is 0 Å². The van der Waals surface area contributed by atoms with Gasteiger partial charge < -0.3 is 18.8 Å². The van der Waals surface area contributed by atoms with Crippen LogP contribution in [0.1, 0.15) is 19.8 Å². The third-order valence-electron chi connectivity index (χ3n) is 4.35. The number of fused-ring (bicyclic) bond motifs is 1. The minimum absolute atomic E-state index is 0.124. The van der Waals surface area contributed by atoms with E-state index in [0.29, 0.717) is 34.3 Å². The van der Waals surface area contributed by atoms with Gasteiger partial charge in [0, 0.05) is 18.7 Å². The van der Waals surface area contributed by atoms with E-state index < -0.39 is 0 Å². The molecule has 0 radical (unpaired) electrons. The fraction of sp³-hybridized carbons (Fsp3) is 0.471. The van der Waals surface area contributed by atoms with Crippen molar-refractivity contribution in [2.75, 3.05) is 25.6 Å². The topological polar surface area (TPSA) is 77.7 Å². The first-order chi connectivity index (χ1) is 12.2. The molecule has 7 nitrogen and oxygen atoms in total. The largest absolute Gasteiger partial charge is 0.454 e. The minimum atomic E-state index is 0.124. The van der Waals surface area contributed by atoms with Crippen molar-refractivity contribution in [2.24, 2.45) is 5.92 Å². The number of likely N-dealkylation sites (tertiary alicyclic amines) is 1. The number of carbonyl (C=O) groups is 1. The van der Waals surface area contributed by atoms with Gasteiger partial charge in [0.1, 0.15) is 0 Å². The van der Waals surface area contributed by atoms with Gasteiger partial charge in [0.2, 0.25) is 18.6 Å². The summed E-state index contributed by atoms with van der Waals surface area (Å²) < 4.78 is 16.3. The number of amides is 1. The number of benzene rings is 1. The van der Waals surface area contributed by atoms with E-state index in [9.17, 15) is 4.79 Å². The Labute approximate surface area is 149 Å². The highest BCUT2D eigenvalue weighted by Gasteiger charge is 2.22. The van der Waals surface area contributed by atoms with E-state index in [2.05, 4.69) is 17.1 Å². The highest BCUT2D eigenvalue weighted by molar-refractivity contribution is 7.99. The molecule has 4 rings (SSSR count). The Kier molecular flexibility index (Phi) is 4.52. The van der Waals surface area contributed by atoms with Crippen molar-refractivity contribution in [1.82, 2.24) is 15.1 Å². The lowest BCUT2D eigenvalue weighted by Crippen LogP contribution is -2.40. The van der Waals surface area contributed by atoms with Crippen molar-refractivity contribution in [2.45, 2.75) is 25.0 Å². The van der Waals surface area contributed by atoms with Gasteiger partial charge in [-0.3, -0.25) is 4.79 Å². The molecule has 8 heteroatoms. The highest BCUT2D eigenvalue weighted by Crippen LogP contribution is 2.36. The maximum Gasteiger partial charge on any atom is 0.277 e. The zero-order valence-corrected chi connectivity index (χ0v) is 14.8. The number of ether oxygens (including phenoxy) is 2. The summed E-state index contributed by atoms with van der Waals surface area (Å²) in [4.78, 5) is 14.2. The molecule has 1 fully saturated rings. The maximum absolute atomic E-state index is 12.3. The fourth-order valence-electron chi connectivity index (χ4n) is 3.05. The predicted molar refractivity (Wildman–Crippen MR) is 91.6 cm³/mol. The van der Waals surface area contributed by atoms with E-state index in [0.717, 1.165) is 25.1 Å². The molecular weight excluding hydrogens is 342 g/mol. The lowest BCUT2D eigenvalue weighted by atomic mass is 10.0. The summed E-state index contributed by atoms with van der Waals surface area (Å²) in [6.07, 6.45) is 2.27. The third kappa shape index (κ3) is 3.58. The Morgan fingerprint density at radius 2 is 2.20 bits per heavy atom. The average Bonchev–Trinajstić information content (AvgIpc) is 3.28. The molecule has 1 atom stereocenters. The van der Waals surface area contributed by atoms with Crippen molar-refractivity contribution in [3.8, 4) is 23.0 Å². The Hall–Kier alpha value is -2.22. The van der Waals surface area contributed by atoms with Crippen molar-refractivity contribution in [1.29, 1.82) is 0 Å². The molecule has 2 aromatic rings. The van der Waals surface area contributed by atoms with Crippen LogP contribution in [0.25, 0.3) is 11.5 Å². The molecule has 1 saturated heterocycles. The van der Waals surface area contributed by atoms with Gasteiger partial charge in [0.25, 0.3) is 5.22 Å². The smallest absolute Gasteiger partial charge is 0.277 e. The minimum Gasteiger partial charge on any atom is -0.454 e. The summed E-state index contributed by atoms with van der Waals surface area (Å²) in [5.74, 6) is 2.79. The molecule has 132 valence electrons. The lowest BCUT2D eigenvalue weighted by molar-refractivity contribution is -0.130. The first kappa shape index (κ1) is 16.3. The van der Waals surface area contributed by atoms with Gasteiger partial charge >= 0.3 is 0 Å². The maximum atomic E-state index is 12.3. The van der Waals surface area contributed by atoms with Gasteiger partial charge in [-0.15, -0.1) is 10.2 Å². The number of rotatable bonds is 4. The summed E-state index contributed by atoms with van der Waals surface area (Å²) in [5, 5.41) is 8.47. The Morgan fingerprint density at radius 1 is 1.32 bits per heavy atom. The molecule has 0 aliphatic carbocycles. The van der Waals surface area contributed by atoms with Crippen LogP contribution in [0.4, 0.5) is 0 Å². The van der Waals surface area contributed by atoms with Crippen LogP contribution >= 0.6 is 11.8 Å². The van der Waals surface area contributed by atoms with Gasteiger partial charge in [0.05, 0.1) is 5.75 Å². The van der Waals surface area contributed by atoms with Crippen LogP contribution in [0, 0.1) is 5.92 Å². The predicted octanol–water partition coefficient (Wildman–Crippen LogP) is 2.82. The molecule has 3 heterocycles. The van der Waals surface area contributed by atoms with E-state index in [1.54, 1.807) is 0 Å². The number of thioether (sulfide) groups is 1. The molecule has 1 amide bonds. The molecule has 25 heavy (non-hydrogen) atoms. The summed E-state index contributed by atoms with van der Waals surface area (Å²) in [7, 11) is 0. The standard InChI is InChI=1S/C17H19N3O4S/c1-11-3-2-6-20(8-11)15(21)9-25-17-19-18-16(24-17)12-4-5-13-14(7-12)23-10-22-13/h4-5,7,11H,2-3,6,8-10H2,1H3/t11-/m0/s1.